The quantitative estimate of drug-likeness (QED) is 0.584. The van der Waals surface area contributed by atoms with Gasteiger partial charge in [-0.3, -0.25) is 9.48 Å². The minimum absolute atomic E-state index is 0.277. The number of nitrogens with one attached hydrogen (secondary N) is 1. The second-order valence-corrected chi connectivity index (χ2v) is 7.65. The van der Waals surface area contributed by atoms with Crippen LogP contribution in [0.3, 0.4) is 0 Å². The summed E-state index contributed by atoms with van der Waals surface area (Å²) in [7, 11) is -2.93. The van der Waals surface area contributed by atoms with Crippen molar-refractivity contribution in [3.8, 4) is 0 Å². The lowest BCUT2D eigenvalue weighted by Crippen LogP contribution is -2.23. The second kappa shape index (κ2) is 8.91. The number of nitrogens with zero attached hydrogens (tertiary/aromatic N) is 3. The molecule has 3 rings (SSSR count). The summed E-state index contributed by atoms with van der Waals surface area (Å²) >= 11 is 0. The first-order valence-electron chi connectivity index (χ1n) is 9.30. The number of benzene rings is 2. The van der Waals surface area contributed by atoms with Gasteiger partial charge in [0.25, 0.3) is 5.91 Å². The second-order valence-electron chi connectivity index (χ2n) is 6.77. The molecule has 7 nitrogen and oxygen atoms in total. The molecular formula is C21H24N4O3S. The highest BCUT2D eigenvalue weighted by atomic mass is 32.2. The number of aromatic nitrogens is 2. The summed E-state index contributed by atoms with van der Waals surface area (Å²) < 4.78 is 27.0. The van der Waals surface area contributed by atoms with E-state index in [-0.39, 0.29) is 5.91 Å². The van der Waals surface area contributed by atoms with Crippen LogP contribution in [0.25, 0.3) is 0 Å². The molecule has 0 radical (unpaired) electrons. The molecule has 152 valence electrons. The van der Waals surface area contributed by atoms with Crippen LogP contribution in [0.5, 0.6) is 0 Å². The zero-order valence-electron chi connectivity index (χ0n) is 16.6. The lowest BCUT2D eigenvalue weighted by molar-refractivity contribution is 0.0951. The highest BCUT2D eigenvalue weighted by Gasteiger charge is 2.17. The highest BCUT2D eigenvalue weighted by Crippen LogP contribution is 2.30. The van der Waals surface area contributed by atoms with Gasteiger partial charge in [0.05, 0.1) is 17.6 Å². The Morgan fingerprint density at radius 3 is 2.48 bits per heavy atom. The summed E-state index contributed by atoms with van der Waals surface area (Å²) in [6, 6.07) is 12.2. The molecule has 3 aromatic rings. The van der Waals surface area contributed by atoms with Crippen LogP contribution >= 0.6 is 0 Å². The van der Waals surface area contributed by atoms with E-state index in [1.54, 1.807) is 41.2 Å². The monoisotopic (exact) mass is 412 g/mol. The average Bonchev–Trinajstić information content (AvgIpc) is 3.17. The minimum Gasteiger partial charge on any atom is -0.348 e. The van der Waals surface area contributed by atoms with Gasteiger partial charge in [-0.2, -0.15) is 5.10 Å². The van der Waals surface area contributed by atoms with E-state index in [0.29, 0.717) is 23.5 Å². The first kappa shape index (κ1) is 20.6. The molecule has 1 amide bonds. The summed E-state index contributed by atoms with van der Waals surface area (Å²) in [5, 5.41) is 7.04. The standard InChI is InChI=1S/C21H24N4O3S/c1-4-24-14-17(13-23-24)12-22-21(26)18-8-7-16(3)20(11-18)25(29(27)28)19-9-5-15(2)6-10-19/h5-11,13-14,29H,4,12H2,1-3H3,(H,22,26). The van der Waals surface area contributed by atoms with Crippen LogP contribution in [-0.2, 0) is 24.0 Å². The molecule has 0 aliphatic carbocycles. The number of aryl methyl sites for hydroxylation is 3. The van der Waals surface area contributed by atoms with Crippen molar-refractivity contribution in [1.82, 2.24) is 15.1 Å². The van der Waals surface area contributed by atoms with E-state index in [9.17, 15) is 13.2 Å². The Labute approximate surface area is 172 Å². The van der Waals surface area contributed by atoms with Gasteiger partial charge in [0.1, 0.15) is 0 Å². The molecule has 1 aromatic heterocycles. The maximum absolute atomic E-state index is 12.6. The van der Waals surface area contributed by atoms with Gasteiger partial charge in [0, 0.05) is 30.4 Å². The Morgan fingerprint density at radius 1 is 1.14 bits per heavy atom. The molecule has 0 atom stereocenters. The number of carbonyl (C=O) groups excluding carboxylic acids is 1. The molecule has 8 heteroatoms. The number of rotatable bonds is 7. The molecule has 0 bridgehead atoms. The largest absolute Gasteiger partial charge is 0.348 e. The smallest absolute Gasteiger partial charge is 0.251 e. The number of hydrogen-bond acceptors (Lipinski definition) is 4. The van der Waals surface area contributed by atoms with Crippen LogP contribution < -0.4 is 9.62 Å². The average molecular weight is 413 g/mol. The third-order valence-electron chi connectivity index (χ3n) is 4.61. The number of hydrogen-bond donors (Lipinski definition) is 2. The fraction of sp³-hybridized carbons (Fsp3) is 0.238. The van der Waals surface area contributed by atoms with Gasteiger partial charge in [-0.15, -0.1) is 0 Å². The zero-order chi connectivity index (χ0) is 21.0. The summed E-state index contributed by atoms with van der Waals surface area (Å²) in [5.74, 6) is -0.277. The number of carbonyl (C=O) groups is 1. The van der Waals surface area contributed by atoms with Gasteiger partial charge in [-0.1, -0.05) is 23.8 Å². The van der Waals surface area contributed by atoms with E-state index in [0.717, 1.165) is 23.2 Å². The molecule has 0 saturated heterocycles. The summed E-state index contributed by atoms with van der Waals surface area (Å²) in [6.45, 7) is 6.85. The molecular weight excluding hydrogens is 388 g/mol. The lowest BCUT2D eigenvalue weighted by Gasteiger charge is -2.21. The molecule has 29 heavy (non-hydrogen) atoms. The summed E-state index contributed by atoms with van der Waals surface area (Å²) in [4.78, 5) is 12.6. The molecule has 0 aliphatic heterocycles. The third kappa shape index (κ3) is 4.83. The van der Waals surface area contributed by atoms with Gasteiger partial charge >= 0.3 is 0 Å². The molecule has 0 unspecified atom stereocenters. The predicted molar refractivity (Wildman–Crippen MR) is 114 cm³/mol. The fourth-order valence-corrected chi connectivity index (χ4v) is 3.65. The highest BCUT2D eigenvalue weighted by molar-refractivity contribution is 7.74. The maximum atomic E-state index is 12.6. The predicted octanol–water partition coefficient (Wildman–Crippen LogP) is 3.11. The molecule has 0 saturated carbocycles. The van der Waals surface area contributed by atoms with Crippen LogP contribution in [0.1, 0.15) is 34.0 Å². The van der Waals surface area contributed by atoms with Crippen LogP contribution in [0.2, 0.25) is 0 Å². The van der Waals surface area contributed by atoms with Gasteiger partial charge in [0.15, 0.2) is 0 Å². The Bertz CT molecular complexity index is 1080. The first-order valence-corrected chi connectivity index (χ1v) is 10.4. The lowest BCUT2D eigenvalue weighted by atomic mass is 10.1. The maximum Gasteiger partial charge on any atom is 0.251 e. The minimum atomic E-state index is -2.93. The van der Waals surface area contributed by atoms with Crippen molar-refractivity contribution >= 4 is 28.2 Å². The van der Waals surface area contributed by atoms with E-state index in [2.05, 4.69) is 10.4 Å². The Balaban J connectivity index is 1.85. The van der Waals surface area contributed by atoms with Crippen molar-refractivity contribution in [3.05, 3.63) is 77.1 Å². The van der Waals surface area contributed by atoms with Crippen LogP contribution in [0.15, 0.2) is 54.9 Å². The third-order valence-corrected chi connectivity index (χ3v) is 5.38. The zero-order valence-corrected chi connectivity index (χ0v) is 17.5. The molecule has 1 N–H and O–H groups in total. The van der Waals surface area contributed by atoms with Crippen LogP contribution in [0, 0.1) is 13.8 Å². The van der Waals surface area contributed by atoms with E-state index < -0.39 is 10.9 Å². The van der Waals surface area contributed by atoms with Gasteiger partial charge in [-0.25, -0.2) is 12.7 Å². The van der Waals surface area contributed by atoms with Crippen molar-refractivity contribution in [2.45, 2.75) is 33.9 Å². The molecule has 0 aliphatic rings. The fourth-order valence-electron chi connectivity index (χ4n) is 2.94. The van der Waals surface area contributed by atoms with Crippen molar-refractivity contribution in [2.75, 3.05) is 4.31 Å². The van der Waals surface area contributed by atoms with E-state index in [4.69, 9.17) is 0 Å². The summed E-state index contributed by atoms with van der Waals surface area (Å²) in [6.07, 6.45) is 3.59. The molecule has 0 spiro atoms. The molecule has 2 aromatic carbocycles. The van der Waals surface area contributed by atoms with Crippen molar-refractivity contribution in [3.63, 3.8) is 0 Å². The Morgan fingerprint density at radius 2 is 1.86 bits per heavy atom. The van der Waals surface area contributed by atoms with Gasteiger partial charge in [0.2, 0.25) is 10.9 Å². The van der Waals surface area contributed by atoms with Gasteiger partial charge in [-0.05, 0) is 50.6 Å². The van der Waals surface area contributed by atoms with Crippen molar-refractivity contribution in [1.29, 1.82) is 0 Å². The van der Waals surface area contributed by atoms with E-state index in [1.807, 2.05) is 39.1 Å². The Kier molecular flexibility index (Phi) is 6.33. The van der Waals surface area contributed by atoms with Crippen LogP contribution in [0.4, 0.5) is 11.4 Å². The SMILES string of the molecule is CCn1cc(CNC(=O)c2ccc(C)c(N(c3ccc(C)cc3)[SH](=O)=O)c2)cn1. The van der Waals surface area contributed by atoms with Crippen molar-refractivity contribution in [2.24, 2.45) is 0 Å². The van der Waals surface area contributed by atoms with Crippen molar-refractivity contribution < 1.29 is 13.2 Å². The van der Waals surface area contributed by atoms with Gasteiger partial charge < -0.3 is 5.32 Å². The number of anilines is 2. The van der Waals surface area contributed by atoms with Crippen LogP contribution in [-0.4, -0.2) is 24.1 Å². The molecule has 1 heterocycles. The number of amides is 1. The van der Waals surface area contributed by atoms with E-state index >= 15 is 0 Å². The normalized spacial score (nSPS) is 10.9. The number of thiol groups is 1. The Hall–Kier alpha value is -3.13. The molecule has 0 fully saturated rings. The summed E-state index contributed by atoms with van der Waals surface area (Å²) in [5.41, 5.74) is 4.06. The first-order chi connectivity index (χ1) is 13.9. The van der Waals surface area contributed by atoms with E-state index in [1.165, 1.54) is 4.31 Å². The topological polar surface area (TPSA) is 84.3 Å².